The van der Waals surface area contributed by atoms with Crippen molar-refractivity contribution in [3.63, 3.8) is 0 Å². The van der Waals surface area contributed by atoms with Crippen molar-refractivity contribution in [2.24, 2.45) is 0 Å². The van der Waals surface area contributed by atoms with Crippen molar-refractivity contribution in [1.29, 1.82) is 5.41 Å². The van der Waals surface area contributed by atoms with Crippen LogP contribution in [0.25, 0.3) is 0 Å². The van der Waals surface area contributed by atoms with Gasteiger partial charge in [0.25, 0.3) is 0 Å². The van der Waals surface area contributed by atoms with Gasteiger partial charge in [0.15, 0.2) is 0 Å². The van der Waals surface area contributed by atoms with Gasteiger partial charge >= 0.3 is 21.1 Å². The van der Waals surface area contributed by atoms with E-state index in [1.165, 1.54) is 25.5 Å². The SMILES string of the molecule is CCCCCC=N.O=C([O-])[O-].[Pt+2]. The van der Waals surface area contributed by atoms with Crippen molar-refractivity contribution in [3.05, 3.63) is 0 Å². The molecule has 0 amide bonds. The number of unbranched alkanes of at least 4 members (excludes halogenated alkanes) is 3. The summed E-state index contributed by atoms with van der Waals surface area (Å²) in [6.45, 7) is 2.17. The molecule has 0 aromatic heterocycles. The van der Waals surface area contributed by atoms with Gasteiger partial charge < -0.3 is 20.4 Å². The van der Waals surface area contributed by atoms with Crippen molar-refractivity contribution < 1.29 is 36.1 Å². The van der Waals surface area contributed by atoms with E-state index < -0.39 is 6.16 Å². The zero-order chi connectivity index (χ0) is 9.11. The number of rotatable bonds is 4. The number of hydrogen-bond donors (Lipinski definition) is 1. The van der Waals surface area contributed by atoms with Crippen LogP contribution >= 0.6 is 0 Å². The van der Waals surface area contributed by atoms with Gasteiger partial charge in [0, 0.05) is 0 Å². The Morgan fingerprint density at radius 2 is 1.83 bits per heavy atom. The second-order valence-corrected chi connectivity index (χ2v) is 1.95. The number of hydrogen-bond acceptors (Lipinski definition) is 4. The van der Waals surface area contributed by atoms with Crippen molar-refractivity contribution in [2.75, 3.05) is 0 Å². The van der Waals surface area contributed by atoms with Crippen molar-refractivity contribution >= 4 is 12.4 Å². The fourth-order valence-electron chi connectivity index (χ4n) is 0.496. The van der Waals surface area contributed by atoms with E-state index in [-0.39, 0.29) is 21.1 Å². The molecule has 0 bridgehead atoms. The van der Waals surface area contributed by atoms with Crippen LogP contribution in [-0.2, 0) is 21.1 Å². The molecule has 12 heavy (non-hydrogen) atoms. The van der Waals surface area contributed by atoms with Gasteiger partial charge in [0.2, 0.25) is 0 Å². The average molecular weight is 354 g/mol. The molecule has 5 heteroatoms. The Hall–Kier alpha value is -0.372. The van der Waals surface area contributed by atoms with Crippen molar-refractivity contribution in [2.45, 2.75) is 32.6 Å². The molecule has 0 saturated heterocycles. The molecular weight excluding hydrogens is 341 g/mol. The Morgan fingerprint density at radius 3 is 2.08 bits per heavy atom. The van der Waals surface area contributed by atoms with Gasteiger partial charge in [-0.1, -0.05) is 19.8 Å². The Kier molecular flexibility index (Phi) is 24.9. The third kappa shape index (κ3) is 54.4. The van der Waals surface area contributed by atoms with E-state index in [0.29, 0.717) is 0 Å². The summed E-state index contributed by atoms with van der Waals surface area (Å²) in [6.07, 6.45) is 3.84. The molecule has 74 valence electrons. The van der Waals surface area contributed by atoms with Crippen molar-refractivity contribution in [1.82, 2.24) is 0 Å². The van der Waals surface area contributed by atoms with Crippen LogP contribution in [0.2, 0.25) is 0 Å². The van der Waals surface area contributed by atoms with Gasteiger partial charge in [-0.25, -0.2) is 0 Å². The first kappa shape index (κ1) is 17.6. The van der Waals surface area contributed by atoms with Gasteiger partial charge in [0.1, 0.15) is 0 Å². The normalized spacial score (nSPS) is 7.08. The molecule has 0 spiro atoms. The second-order valence-electron chi connectivity index (χ2n) is 1.95. The largest absolute Gasteiger partial charge is 2.00 e. The Balaban J connectivity index is -0.000000142. The maximum atomic E-state index is 8.33. The van der Waals surface area contributed by atoms with E-state index in [1.54, 1.807) is 0 Å². The summed E-state index contributed by atoms with van der Waals surface area (Å²) in [4.78, 5) is 8.33. The molecule has 4 nitrogen and oxygen atoms in total. The van der Waals surface area contributed by atoms with E-state index in [1.807, 2.05) is 0 Å². The molecule has 0 saturated carbocycles. The molecule has 0 aliphatic heterocycles. The van der Waals surface area contributed by atoms with E-state index in [2.05, 4.69) is 6.92 Å². The molecule has 1 N–H and O–H groups in total. The third-order valence-corrected chi connectivity index (χ3v) is 0.952. The van der Waals surface area contributed by atoms with Crippen LogP contribution in [0.5, 0.6) is 0 Å². The monoisotopic (exact) mass is 354 g/mol. The maximum absolute atomic E-state index is 8.33. The standard InChI is InChI=1S/C6H13N.CH2O3.Pt/c1-2-3-4-5-6-7;2-1(3)4;/h6-7H,2-5H2,1H3;(H2,2,3,4);/q;;+2/p-2. The Labute approximate surface area is 86.8 Å². The zero-order valence-corrected chi connectivity index (χ0v) is 9.22. The van der Waals surface area contributed by atoms with Gasteiger partial charge in [-0.3, -0.25) is 0 Å². The first-order chi connectivity index (χ1) is 5.15. The second kappa shape index (κ2) is 16.9. The summed E-state index contributed by atoms with van der Waals surface area (Å²) in [5.74, 6) is 0. The van der Waals surface area contributed by atoms with Crippen LogP contribution < -0.4 is 10.2 Å². The molecular formula is C7H13NO3Pt. The van der Waals surface area contributed by atoms with Gasteiger partial charge in [-0.05, 0) is 25.2 Å². The molecule has 0 unspecified atom stereocenters. The van der Waals surface area contributed by atoms with E-state index >= 15 is 0 Å². The molecule has 0 fully saturated rings. The Morgan fingerprint density at radius 1 is 1.42 bits per heavy atom. The summed E-state index contributed by atoms with van der Waals surface area (Å²) >= 11 is 0. The summed E-state index contributed by atoms with van der Waals surface area (Å²) in [5, 5.41) is 23.3. The molecule has 0 atom stereocenters. The zero-order valence-electron chi connectivity index (χ0n) is 6.95. The third-order valence-electron chi connectivity index (χ3n) is 0.952. The number of carbonyl (C=O) groups excluding carboxylic acids is 1. The fourth-order valence-corrected chi connectivity index (χ4v) is 0.496. The number of carboxylic acid groups (broad SMARTS) is 2. The first-order valence-corrected chi connectivity index (χ1v) is 3.52. The van der Waals surface area contributed by atoms with E-state index in [4.69, 9.17) is 20.4 Å². The van der Waals surface area contributed by atoms with Gasteiger partial charge in [-0.2, -0.15) is 0 Å². The topological polar surface area (TPSA) is 87.0 Å². The molecule has 0 aliphatic carbocycles. The summed E-state index contributed by atoms with van der Waals surface area (Å²) < 4.78 is 0. The fraction of sp³-hybridized carbons (Fsp3) is 0.714. The summed E-state index contributed by atoms with van der Waals surface area (Å²) in [5.41, 5.74) is 0. The number of carbonyl (C=O) groups is 1. The maximum Gasteiger partial charge on any atom is 2.00 e. The minimum atomic E-state index is -2.33. The predicted octanol–water partition coefficient (Wildman–Crippen LogP) is -0.233. The van der Waals surface area contributed by atoms with Crippen LogP contribution in [0.3, 0.4) is 0 Å². The van der Waals surface area contributed by atoms with Crippen LogP contribution in [0.15, 0.2) is 0 Å². The number of nitrogens with one attached hydrogen (secondary N) is 1. The molecule has 0 aliphatic rings. The first-order valence-electron chi connectivity index (χ1n) is 3.52. The molecule has 0 rings (SSSR count). The van der Waals surface area contributed by atoms with Gasteiger partial charge in [-0.15, -0.1) is 0 Å². The molecule has 0 aromatic carbocycles. The minimum Gasteiger partial charge on any atom is -0.652 e. The van der Waals surface area contributed by atoms with Crippen LogP contribution in [-0.4, -0.2) is 12.4 Å². The molecule has 0 radical (unpaired) electrons. The van der Waals surface area contributed by atoms with Crippen LogP contribution in [0.4, 0.5) is 4.79 Å². The van der Waals surface area contributed by atoms with E-state index in [9.17, 15) is 0 Å². The summed E-state index contributed by atoms with van der Waals surface area (Å²) in [6, 6.07) is 0. The average Bonchev–Trinajstić information content (AvgIpc) is 1.88. The van der Waals surface area contributed by atoms with Gasteiger partial charge in [0.05, 0.1) is 0 Å². The predicted molar refractivity (Wildman–Crippen MR) is 38.3 cm³/mol. The minimum absolute atomic E-state index is 0. The van der Waals surface area contributed by atoms with Crippen molar-refractivity contribution in [3.8, 4) is 0 Å². The Bertz CT molecular complexity index is 105. The van der Waals surface area contributed by atoms with E-state index in [0.717, 1.165) is 6.42 Å². The van der Waals surface area contributed by atoms with Crippen LogP contribution in [0, 0.1) is 5.41 Å². The summed E-state index contributed by atoms with van der Waals surface area (Å²) in [7, 11) is 0. The smallest absolute Gasteiger partial charge is 0.652 e. The van der Waals surface area contributed by atoms with Crippen LogP contribution in [0.1, 0.15) is 32.6 Å². The molecule has 0 aromatic rings. The quantitative estimate of drug-likeness (QED) is 0.559. The molecule has 0 heterocycles.